The molecule has 1 fully saturated rings. The van der Waals surface area contributed by atoms with Crippen molar-refractivity contribution in [1.82, 2.24) is 0 Å². The van der Waals surface area contributed by atoms with Gasteiger partial charge < -0.3 is 4.74 Å². The minimum absolute atomic E-state index is 0.0757. The van der Waals surface area contributed by atoms with Gasteiger partial charge in [-0.2, -0.15) is 0 Å². The zero-order chi connectivity index (χ0) is 17.4. The van der Waals surface area contributed by atoms with Crippen LogP contribution in [0.25, 0.3) is 0 Å². The van der Waals surface area contributed by atoms with Crippen LogP contribution in [0.5, 0.6) is 0 Å². The van der Waals surface area contributed by atoms with E-state index in [4.69, 9.17) is 9.88 Å². The van der Waals surface area contributed by atoms with Crippen LogP contribution in [0.15, 0.2) is 29.2 Å². The van der Waals surface area contributed by atoms with E-state index in [0.29, 0.717) is 12.1 Å². The molecular formula is C15H20N2O5S. The third-order valence-electron chi connectivity index (χ3n) is 4.18. The molecule has 0 radical (unpaired) electrons. The molecule has 1 aromatic rings. The van der Waals surface area contributed by atoms with Crippen molar-refractivity contribution in [3.63, 3.8) is 0 Å². The van der Waals surface area contributed by atoms with Crippen LogP contribution < -0.4 is 10.0 Å². The van der Waals surface area contributed by atoms with Crippen LogP contribution >= 0.6 is 0 Å². The van der Waals surface area contributed by atoms with Gasteiger partial charge in [-0.15, -0.1) is 0 Å². The highest BCUT2D eigenvalue weighted by atomic mass is 32.2. The normalized spacial score (nSPS) is 23.4. The average Bonchev–Trinajstić information content (AvgIpc) is 2.72. The molecule has 23 heavy (non-hydrogen) atoms. The fourth-order valence-electron chi connectivity index (χ4n) is 2.92. The Bertz CT molecular complexity index is 710. The van der Waals surface area contributed by atoms with Gasteiger partial charge in [-0.05, 0) is 30.7 Å². The van der Waals surface area contributed by atoms with Gasteiger partial charge in [-0.3, -0.25) is 9.59 Å². The number of methoxy groups -OCH3 is 1. The molecule has 2 rings (SSSR count). The van der Waals surface area contributed by atoms with E-state index in [2.05, 4.69) is 0 Å². The Morgan fingerprint density at radius 2 is 1.78 bits per heavy atom. The second kappa shape index (κ2) is 6.38. The fraction of sp³-hybridized carbons (Fsp3) is 0.467. The molecular weight excluding hydrogens is 320 g/mol. The van der Waals surface area contributed by atoms with Crippen LogP contribution in [-0.2, 0) is 24.3 Å². The van der Waals surface area contributed by atoms with Gasteiger partial charge in [0.05, 0.1) is 28.5 Å². The van der Waals surface area contributed by atoms with E-state index >= 15 is 0 Å². The molecule has 0 spiro atoms. The van der Waals surface area contributed by atoms with Crippen molar-refractivity contribution in [3.8, 4) is 0 Å². The van der Waals surface area contributed by atoms with E-state index in [0.717, 1.165) is 4.90 Å². The summed E-state index contributed by atoms with van der Waals surface area (Å²) in [6, 6.07) is 5.35. The lowest BCUT2D eigenvalue weighted by Crippen LogP contribution is -2.34. The minimum Gasteiger partial charge on any atom is -0.381 e. The van der Waals surface area contributed by atoms with E-state index in [1.807, 2.05) is 6.92 Å². The van der Waals surface area contributed by atoms with Crippen molar-refractivity contribution in [3.05, 3.63) is 24.3 Å². The number of sulfonamides is 1. The molecule has 8 heteroatoms. The van der Waals surface area contributed by atoms with Gasteiger partial charge in [0.25, 0.3) is 0 Å². The molecule has 0 saturated carbocycles. The zero-order valence-corrected chi connectivity index (χ0v) is 14.0. The molecule has 0 aromatic heterocycles. The summed E-state index contributed by atoms with van der Waals surface area (Å²) in [5, 5.41) is 5.04. The summed E-state index contributed by atoms with van der Waals surface area (Å²) >= 11 is 0. The monoisotopic (exact) mass is 340 g/mol. The van der Waals surface area contributed by atoms with Gasteiger partial charge in [0.1, 0.15) is 0 Å². The zero-order valence-electron chi connectivity index (χ0n) is 13.2. The topological polar surface area (TPSA) is 107 Å². The first-order chi connectivity index (χ1) is 10.7. The standard InChI is InChI=1S/C15H20N2O5S/c1-4-12(22-3)13-9(2)14(18)17(15(13)19)10-5-7-11(8-6-10)23(16,20)21/h5-9,12-13H,4H2,1-3H3,(H2,16,20,21). The lowest BCUT2D eigenvalue weighted by Gasteiger charge is -2.21. The molecule has 1 aliphatic rings. The smallest absolute Gasteiger partial charge is 0.240 e. The van der Waals surface area contributed by atoms with Crippen LogP contribution in [0.4, 0.5) is 5.69 Å². The third kappa shape index (κ3) is 3.15. The SMILES string of the molecule is CCC(OC)C1C(=O)N(c2ccc(S(N)(=O)=O)cc2)C(=O)C1C. The maximum Gasteiger partial charge on any atom is 0.240 e. The molecule has 0 bridgehead atoms. The van der Waals surface area contributed by atoms with Crippen LogP contribution in [-0.4, -0.2) is 33.4 Å². The fourth-order valence-corrected chi connectivity index (χ4v) is 3.43. The predicted octanol–water partition coefficient (Wildman–Crippen LogP) is 0.885. The quantitative estimate of drug-likeness (QED) is 0.801. The molecule has 1 heterocycles. The maximum atomic E-state index is 12.7. The Kier molecular flexibility index (Phi) is 4.88. The van der Waals surface area contributed by atoms with Gasteiger partial charge in [-0.25, -0.2) is 18.5 Å². The van der Waals surface area contributed by atoms with Crippen LogP contribution in [0.1, 0.15) is 20.3 Å². The highest BCUT2D eigenvalue weighted by Crippen LogP contribution is 2.34. The lowest BCUT2D eigenvalue weighted by molar-refractivity contribution is -0.125. The van der Waals surface area contributed by atoms with Crippen LogP contribution in [0, 0.1) is 11.8 Å². The number of imide groups is 1. The Morgan fingerprint density at radius 3 is 2.22 bits per heavy atom. The number of hydrogen-bond acceptors (Lipinski definition) is 5. The maximum absolute atomic E-state index is 12.7. The van der Waals surface area contributed by atoms with Crippen LogP contribution in [0.2, 0.25) is 0 Å². The summed E-state index contributed by atoms with van der Waals surface area (Å²) in [5.41, 5.74) is 0.327. The molecule has 0 aliphatic carbocycles. The van der Waals surface area contributed by atoms with Crippen molar-refractivity contribution >= 4 is 27.5 Å². The minimum atomic E-state index is -3.82. The summed E-state index contributed by atoms with van der Waals surface area (Å²) in [4.78, 5) is 26.1. The summed E-state index contributed by atoms with van der Waals surface area (Å²) in [7, 11) is -2.31. The number of anilines is 1. The molecule has 3 unspecified atom stereocenters. The molecule has 7 nitrogen and oxygen atoms in total. The van der Waals surface area contributed by atoms with Gasteiger partial charge in [0.15, 0.2) is 0 Å². The Labute approximate surface area is 135 Å². The number of carbonyl (C=O) groups excluding carboxylic acids is 2. The number of benzene rings is 1. The van der Waals surface area contributed by atoms with Crippen molar-refractivity contribution in [2.24, 2.45) is 17.0 Å². The molecule has 126 valence electrons. The number of nitrogens with two attached hydrogens (primary N) is 1. The number of primary sulfonamides is 1. The Hall–Kier alpha value is -1.77. The van der Waals surface area contributed by atoms with E-state index in [1.165, 1.54) is 31.4 Å². The van der Waals surface area contributed by atoms with E-state index in [9.17, 15) is 18.0 Å². The first-order valence-corrected chi connectivity index (χ1v) is 8.80. The summed E-state index contributed by atoms with van der Waals surface area (Å²) in [5.74, 6) is -1.70. The molecule has 1 aliphatic heterocycles. The van der Waals surface area contributed by atoms with Crippen molar-refractivity contribution in [1.29, 1.82) is 0 Å². The number of ether oxygens (including phenoxy) is 1. The molecule has 2 N–H and O–H groups in total. The number of hydrogen-bond donors (Lipinski definition) is 1. The number of nitrogens with zero attached hydrogens (tertiary/aromatic N) is 1. The second-order valence-electron chi connectivity index (χ2n) is 5.55. The third-order valence-corrected chi connectivity index (χ3v) is 5.11. The van der Waals surface area contributed by atoms with Gasteiger partial charge in [0, 0.05) is 7.11 Å². The molecule has 1 saturated heterocycles. The first kappa shape index (κ1) is 17.6. The number of amides is 2. The Balaban J connectivity index is 2.36. The second-order valence-corrected chi connectivity index (χ2v) is 7.11. The van der Waals surface area contributed by atoms with E-state index in [1.54, 1.807) is 6.92 Å². The largest absolute Gasteiger partial charge is 0.381 e. The van der Waals surface area contributed by atoms with Gasteiger partial charge in [-0.1, -0.05) is 13.8 Å². The molecule has 3 atom stereocenters. The van der Waals surface area contributed by atoms with Crippen molar-refractivity contribution in [2.75, 3.05) is 12.0 Å². The summed E-state index contributed by atoms with van der Waals surface area (Å²) in [6.07, 6.45) is 0.276. The van der Waals surface area contributed by atoms with Crippen molar-refractivity contribution < 1.29 is 22.7 Å². The lowest BCUT2D eigenvalue weighted by atomic mass is 9.90. The molecule has 2 amide bonds. The molecule has 1 aromatic carbocycles. The number of carbonyl (C=O) groups is 2. The van der Waals surface area contributed by atoms with E-state index < -0.39 is 21.9 Å². The summed E-state index contributed by atoms with van der Waals surface area (Å²) < 4.78 is 27.9. The highest BCUT2D eigenvalue weighted by molar-refractivity contribution is 7.89. The van der Waals surface area contributed by atoms with Gasteiger partial charge in [0.2, 0.25) is 21.8 Å². The van der Waals surface area contributed by atoms with Crippen molar-refractivity contribution in [2.45, 2.75) is 31.3 Å². The Morgan fingerprint density at radius 1 is 1.22 bits per heavy atom. The van der Waals surface area contributed by atoms with Gasteiger partial charge >= 0.3 is 0 Å². The van der Waals surface area contributed by atoms with Crippen LogP contribution in [0.3, 0.4) is 0 Å². The first-order valence-electron chi connectivity index (χ1n) is 7.25. The average molecular weight is 340 g/mol. The van der Waals surface area contributed by atoms with E-state index in [-0.39, 0.29) is 22.8 Å². The highest BCUT2D eigenvalue weighted by Gasteiger charge is 2.49. The number of rotatable bonds is 5. The predicted molar refractivity (Wildman–Crippen MR) is 84.1 cm³/mol. The summed E-state index contributed by atoms with van der Waals surface area (Å²) in [6.45, 7) is 3.59.